The molecule has 3 aromatic rings. The number of nitriles is 1. The van der Waals surface area contributed by atoms with Crippen molar-refractivity contribution in [2.24, 2.45) is 0 Å². The molecule has 31 heavy (non-hydrogen) atoms. The molecule has 0 fully saturated rings. The molecule has 0 spiro atoms. The molecular weight excluding hydrogens is 390 g/mol. The van der Waals surface area contributed by atoms with Crippen LogP contribution in [-0.2, 0) is 11.2 Å². The summed E-state index contributed by atoms with van der Waals surface area (Å²) in [5.74, 6) is 1.40. The van der Waals surface area contributed by atoms with Gasteiger partial charge in [-0.2, -0.15) is 5.26 Å². The van der Waals surface area contributed by atoms with Crippen LogP contribution in [0.5, 0.6) is 11.5 Å². The largest absolute Gasteiger partial charge is 0.457 e. The van der Waals surface area contributed by atoms with Crippen LogP contribution in [0.25, 0.3) is 0 Å². The average Bonchev–Trinajstić information content (AvgIpc) is 2.75. The lowest BCUT2D eigenvalue weighted by atomic mass is 9.99. The molecule has 6 heteroatoms. The highest BCUT2D eigenvalue weighted by molar-refractivity contribution is 5.76. The van der Waals surface area contributed by atoms with E-state index in [2.05, 4.69) is 10.3 Å². The number of para-hydroxylation sites is 1. The second kappa shape index (κ2) is 9.77. The summed E-state index contributed by atoms with van der Waals surface area (Å²) in [6, 6.07) is 18.9. The van der Waals surface area contributed by atoms with Crippen molar-refractivity contribution in [1.82, 2.24) is 10.3 Å². The third kappa shape index (κ3) is 5.40. The van der Waals surface area contributed by atoms with Crippen LogP contribution in [0.3, 0.4) is 0 Å². The maximum absolute atomic E-state index is 12.5. The molecule has 0 radical (unpaired) electrons. The van der Waals surface area contributed by atoms with E-state index in [-0.39, 0.29) is 29.5 Å². The van der Waals surface area contributed by atoms with E-state index < -0.39 is 0 Å². The van der Waals surface area contributed by atoms with E-state index in [4.69, 9.17) is 4.74 Å². The maximum Gasteiger partial charge on any atom is 0.266 e. The zero-order valence-corrected chi connectivity index (χ0v) is 17.9. The van der Waals surface area contributed by atoms with Crippen molar-refractivity contribution < 1.29 is 9.53 Å². The number of carbonyl (C=O) groups is 1. The Hall–Kier alpha value is -3.85. The SMILES string of the molecule is Cc1[nH]c(=O)c(C#N)c(C)c1CCC(=O)NC(C)c1ccc(Oc2ccccc2)cc1. The minimum Gasteiger partial charge on any atom is -0.457 e. The van der Waals surface area contributed by atoms with Crippen LogP contribution in [0.15, 0.2) is 59.4 Å². The molecule has 3 rings (SSSR count). The predicted octanol–water partition coefficient (Wildman–Crippen LogP) is 4.47. The second-order valence-electron chi connectivity index (χ2n) is 7.44. The monoisotopic (exact) mass is 415 g/mol. The van der Waals surface area contributed by atoms with Crippen molar-refractivity contribution in [3.63, 3.8) is 0 Å². The Balaban J connectivity index is 1.59. The number of H-pyrrole nitrogens is 1. The van der Waals surface area contributed by atoms with Crippen molar-refractivity contribution in [3.8, 4) is 17.6 Å². The minimum atomic E-state index is -0.390. The second-order valence-corrected chi connectivity index (χ2v) is 7.44. The summed E-state index contributed by atoms with van der Waals surface area (Å²) in [5.41, 5.74) is 2.85. The molecule has 0 saturated carbocycles. The van der Waals surface area contributed by atoms with Crippen molar-refractivity contribution >= 4 is 5.91 Å². The highest BCUT2D eigenvalue weighted by Gasteiger charge is 2.15. The zero-order chi connectivity index (χ0) is 22.4. The summed E-state index contributed by atoms with van der Waals surface area (Å²) in [4.78, 5) is 27.0. The molecule has 1 atom stereocenters. The number of benzene rings is 2. The number of carbonyl (C=O) groups excluding carboxylic acids is 1. The normalized spacial score (nSPS) is 11.4. The fourth-order valence-electron chi connectivity index (χ4n) is 3.50. The molecule has 1 heterocycles. The summed E-state index contributed by atoms with van der Waals surface area (Å²) in [7, 11) is 0. The lowest BCUT2D eigenvalue weighted by molar-refractivity contribution is -0.121. The van der Waals surface area contributed by atoms with E-state index in [9.17, 15) is 14.9 Å². The van der Waals surface area contributed by atoms with Crippen LogP contribution >= 0.6 is 0 Å². The summed E-state index contributed by atoms with van der Waals surface area (Å²) < 4.78 is 5.80. The molecule has 1 unspecified atom stereocenters. The van der Waals surface area contributed by atoms with Crippen LogP contribution in [0.4, 0.5) is 0 Å². The fraction of sp³-hybridized carbons (Fsp3) is 0.240. The number of amides is 1. The van der Waals surface area contributed by atoms with Crippen LogP contribution < -0.4 is 15.6 Å². The van der Waals surface area contributed by atoms with Crippen molar-refractivity contribution in [1.29, 1.82) is 5.26 Å². The van der Waals surface area contributed by atoms with Crippen LogP contribution in [0.2, 0.25) is 0 Å². The lowest BCUT2D eigenvalue weighted by Gasteiger charge is -2.16. The topological polar surface area (TPSA) is 95.0 Å². The van der Waals surface area contributed by atoms with Gasteiger partial charge in [-0.05, 0) is 68.1 Å². The molecule has 1 amide bonds. The van der Waals surface area contributed by atoms with Crippen LogP contribution in [0, 0.1) is 25.2 Å². The van der Waals surface area contributed by atoms with Crippen LogP contribution in [-0.4, -0.2) is 10.9 Å². The maximum atomic E-state index is 12.5. The minimum absolute atomic E-state index is 0.0966. The van der Waals surface area contributed by atoms with E-state index in [1.54, 1.807) is 13.8 Å². The van der Waals surface area contributed by atoms with Gasteiger partial charge in [0.2, 0.25) is 5.91 Å². The van der Waals surface area contributed by atoms with Crippen molar-refractivity contribution in [3.05, 3.63) is 92.9 Å². The van der Waals surface area contributed by atoms with Gasteiger partial charge >= 0.3 is 0 Å². The highest BCUT2D eigenvalue weighted by atomic mass is 16.5. The van der Waals surface area contributed by atoms with Gasteiger partial charge in [0, 0.05) is 12.1 Å². The van der Waals surface area contributed by atoms with Gasteiger partial charge in [-0.1, -0.05) is 30.3 Å². The lowest BCUT2D eigenvalue weighted by Crippen LogP contribution is -2.27. The molecule has 0 aliphatic carbocycles. The first kappa shape index (κ1) is 21.8. The molecule has 2 aromatic carbocycles. The van der Waals surface area contributed by atoms with E-state index in [0.717, 1.165) is 22.6 Å². The predicted molar refractivity (Wildman–Crippen MR) is 119 cm³/mol. The summed E-state index contributed by atoms with van der Waals surface area (Å²) >= 11 is 0. The van der Waals surface area contributed by atoms with Gasteiger partial charge in [-0.3, -0.25) is 9.59 Å². The van der Waals surface area contributed by atoms with Crippen molar-refractivity contribution in [2.45, 2.75) is 39.7 Å². The van der Waals surface area contributed by atoms with E-state index in [0.29, 0.717) is 17.7 Å². The number of hydrogen-bond acceptors (Lipinski definition) is 4. The van der Waals surface area contributed by atoms with Gasteiger partial charge in [0.05, 0.1) is 6.04 Å². The van der Waals surface area contributed by atoms with E-state index in [1.165, 1.54) is 0 Å². The van der Waals surface area contributed by atoms with Gasteiger partial charge < -0.3 is 15.0 Å². The number of nitrogens with zero attached hydrogens (tertiary/aromatic N) is 1. The number of aromatic nitrogens is 1. The number of pyridine rings is 1. The van der Waals surface area contributed by atoms with E-state index >= 15 is 0 Å². The number of hydrogen-bond donors (Lipinski definition) is 2. The Kier molecular flexibility index (Phi) is 6.88. The number of rotatable bonds is 7. The quantitative estimate of drug-likeness (QED) is 0.595. The molecule has 1 aromatic heterocycles. The van der Waals surface area contributed by atoms with Gasteiger partial charge in [0.25, 0.3) is 5.56 Å². The number of ether oxygens (including phenoxy) is 1. The summed E-state index contributed by atoms with van der Waals surface area (Å²) in [5, 5.41) is 12.2. The Morgan fingerprint density at radius 3 is 2.39 bits per heavy atom. The number of aromatic amines is 1. The third-order valence-electron chi connectivity index (χ3n) is 5.26. The molecule has 6 nitrogen and oxygen atoms in total. The molecule has 0 aliphatic rings. The number of aryl methyl sites for hydroxylation is 1. The molecule has 2 N–H and O–H groups in total. The Morgan fingerprint density at radius 1 is 1.10 bits per heavy atom. The number of nitrogens with one attached hydrogen (secondary N) is 2. The summed E-state index contributed by atoms with van der Waals surface area (Å²) in [6.45, 7) is 5.45. The first-order valence-corrected chi connectivity index (χ1v) is 10.1. The van der Waals surface area contributed by atoms with Gasteiger partial charge in [0.1, 0.15) is 23.1 Å². The standard InChI is InChI=1S/C25H25N3O3/c1-16-22(18(3)28-25(30)23(16)15-26)13-14-24(29)27-17(2)19-9-11-21(12-10-19)31-20-7-5-4-6-8-20/h4-12,17H,13-14H2,1-3H3,(H,27,29)(H,28,30). The first-order chi connectivity index (χ1) is 14.9. The Bertz CT molecular complexity index is 1160. The van der Waals surface area contributed by atoms with Gasteiger partial charge in [-0.25, -0.2) is 0 Å². The highest BCUT2D eigenvalue weighted by Crippen LogP contribution is 2.23. The van der Waals surface area contributed by atoms with Crippen molar-refractivity contribution in [2.75, 3.05) is 0 Å². The molecular formula is C25H25N3O3. The first-order valence-electron chi connectivity index (χ1n) is 10.1. The van der Waals surface area contributed by atoms with Gasteiger partial charge in [-0.15, -0.1) is 0 Å². The molecule has 0 saturated heterocycles. The summed E-state index contributed by atoms with van der Waals surface area (Å²) in [6.07, 6.45) is 0.712. The Labute approximate surface area is 181 Å². The third-order valence-corrected chi connectivity index (χ3v) is 5.26. The van der Waals surface area contributed by atoms with Gasteiger partial charge in [0.15, 0.2) is 0 Å². The smallest absolute Gasteiger partial charge is 0.266 e. The molecule has 0 bridgehead atoms. The zero-order valence-electron chi connectivity index (χ0n) is 17.9. The molecule has 0 aliphatic heterocycles. The molecule has 158 valence electrons. The Morgan fingerprint density at radius 2 is 1.74 bits per heavy atom. The fourth-order valence-corrected chi connectivity index (χ4v) is 3.50. The average molecular weight is 415 g/mol. The van der Waals surface area contributed by atoms with Crippen LogP contribution in [0.1, 0.15) is 47.3 Å². The van der Waals surface area contributed by atoms with E-state index in [1.807, 2.05) is 67.6 Å².